The summed E-state index contributed by atoms with van der Waals surface area (Å²) in [6.45, 7) is 0.846. The van der Waals surface area contributed by atoms with E-state index >= 15 is 0 Å². The number of aromatic nitrogens is 1. The van der Waals surface area contributed by atoms with Gasteiger partial charge in [-0.3, -0.25) is 9.78 Å². The van der Waals surface area contributed by atoms with Crippen molar-refractivity contribution in [3.63, 3.8) is 0 Å². The lowest BCUT2D eigenvalue weighted by molar-refractivity contribution is 0.0950. The molecule has 3 aromatic rings. The van der Waals surface area contributed by atoms with Gasteiger partial charge in [-0.05, 0) is 17.7 Å². The number of carbonyl (C=O) groups is 1. The van der Waals surface area contributed by atoms with E-state index in [1.54, 1.807) is 30.5 Å². The topological polar surface area (TPSA) is 45.2 Å². The summed E-state index contributed by atoms with van der Waals surface area (Å²) in [6, 6.07) is 18.2. The van der Waals surface area contributed by atoms with Crippen LogP contribution in [0, 0.1) is 5.82 Å². The predicted octanol–water partition coefficient (Wildman–Crippen LogP) is 3.79. The van der Waals surface area contributed by atoms with E-state index in [9.17, 15) is 9.18 Å². The van der Waals surface area contributed by atoms with Crippen molar-refractivity contribution in [2.45, 2.75) is 13.1 Å². The normalized spacial score (nSPS) is 10.4. The van der Waals surface area contributed by atoms with Crippen LogP contribution in [0.15, 0.2) is 73.1 Å². The maximum atomic E-state index is 13.6. The molecule has 0 aliphatic heterocycles. The first-order valence-electron chi connectivity index (χ1n) is 8.35. The SMILES string of the molecule is CN(Cc1ccccc1)c1cncc(C(=O)NCc2ccccc2F)c1. The quantitative estimate of drug-likeness (QED) is 0.736. The van der Waals surface area contributed by atoms with E-state index in [1.807, 2.05) is 30.1 Å². The molecule has 0 saturated carbocycles. The van der Waals surface area contributed by atoms with Gasteiger partial charge in [0.15, 0.2) is 0 Å². The molecule has 0 bridgehead atoms. The summed E-state index contributed by atoms with van der Waals surface area (Å²) in [6.07, 6.45) is 3.23. The van der Waals surface area contributed by atoms with Crippen molar-refractivity contribution in [2.24, 2.45) is 0 Å². The molecule has 0 unspecified atom stereocenters. The van der Waals surface area contributed by atoms with Crippen LogP contribution in [-0.4, -0.2) is 17.9 Å². The minimum absolute atomic E-state index is 0.135. The van der Waals surface area contributed by atoms with Crippen molar-refractivity contribution in [2.75, 3.05) is 11.9 Å². The van der Waals surface area contributed by atoms with Gasteiger partial charge in [0.2, 0.25) is 0 Å². The average Bonchev–Trinajstić information content (AvgIpc) is 2.68. The first-order chi connectivity index (χ1) is 12.6. The fourth-order valence-corrected chi connectivity index (χ4v) is 2.63. The molecule has 1 aromatic heterocycles. The molecule has 0 aliphatic carbocycles. The maximum Gasteiger partial charge on any atom is 0.253 e. The minimum Gasteiger partial charge on any atom is -0.369 e. The molecule has 4 nitrogen and oxygen atoms in total. The van der Waals surface area contributed by atoms with Gasteiger partial charge in [0.05, 0.1) is 17.4 Å². The summed E-state index contributed by atoms with van der Waals surface area (Å²) in [5.41, 5.74) is 2.90. The van der Waals surface area contributed by atoms with Gasteiger partial charge in [0.1, 0.15) is 5.82 Å². The highest BCUT2D eigenvalue weighted by Gasteiger charge is 2.10. The Labute approximate surface area is 152 Å². The molecule has 26 heavy (non-hydrogen) atoms. The third-order valence-corrected chi connectivity index (χ3v) is 4.09. The van der Waals surface area contributed by atoms with Crippen LogP contribution in [0.1, 0.15) is 21.5 Å². The van der Waals surface area contributed by atoms with Crippen LogP contribution in [0.25, 0.3) is 0 Å². The zero-order valence-corrected chi connectivity index (χ0v) is 14.5. The van der Waals surface area contributed by atoms with Gasteiger partial charge in [-0.25, -0.2) is 4.39 Å². The fourth-order valence-electron chi connectivity index (χ4n) is 2.63. The molecule has 2 aromatic carbocycles. The molecule has 3 rings (SSSR count). The van der Waals surface area contributed by atoms with Crippen LogP contribution in [0.2, 0.25) is 0 Å². The van der Waals surface area contributed by atoms with Gasteiger partial charge in [0.25, 0.3) is 5.91 Å². The Morgan fingerprint density at radius 2 is 1.81 bits per heavy atom. The second-order valence-electron chi connectivity index (χ2n) is 6.05. The Bertz CT molecular complexity index is 883. The maximum absolute atomic E-state index is 13.6. The molecule has 0 aliphatic rings. The van der Waals surface area contributed by atoms with Gasteiger partial charge >= 0.3 is 0 Å². The van der Waals surface area contributed by atoms with E-state index in [-0.39, 0.29) is 18.3 Å². The Balaban J connectivity index is 1.66. The molecule has 0 saturated heterocycles. The van der Waals surface area contributed by atoms with Crippen LogP contribution in [-0.2, 0) is 13.1 Å². The van der Waals surface area contributed by atoms with Crippen molar-refractivity contribution in [3.8, 4) is 0 Å². The standard InChI is InChI=1S/C21H20FN3O/c1-25(15-16-7-3-2-4-8-16)19-11-18(12-23-14-19)21(26)24-13-17-9-5-6-10-20(17)22/h2-12,14H,13,15H2,1H3,(H,24,26). The average molecular weight is 349 g/mol. The number of carbonyl (C=O) groups excluding carboxylic acids is 1. The number of nitrogens with zero attached hydrogens (tertiary/aromatic N) is 2. The highest BCUT2D eigenvalue weighted by molar-refractivity contribution is 5.94. The third kappa shape index (κ3) is 4.45. The molecule has 0 radical (unpaired) electrons. The summed E-state index contributed by atoms with van der Waals surface area (Å²) in [5.74, 6) is -0.613. The number of anilines is 1. The van der Waals surface area contributed by atoms with E-state index < -0.39 is 0 Å². The molecular weight excluding hydrogens is 329 g/mol. The highest BCUT2D eigenvalue weighted by atomic mass is 19.1. The first kappa shape index (κ1) is 17.6. The number of amides is 1. The van der Waals surface area contributed by atoms with Crippen LogP contribution in [0.4, 0.5) is 10.1 Å². The number of pyridine rings is 1. The van der Waals surface area contributed by atoms with E-state index in [2.05, 4.69) is 22.4 Å². The number of nitrogens with one attached hydrogen (secondary N) is 1. The molecule has 1 N–H and O–H groups in total. The molecule has 0 spiro atoms. The molecule has 132 valence electrons. The van der Waals surface area contributed by atoms with E-state index in [0.717, 1.165) is 5.69 Å². The van der Waals surface area contributed by atoms with Gasteiger partial charge in [-0.1, -0.05) is 48.5 Å². The lowest BCUT2D eigenvalue weighted by Gasteiger charge is -2.19. The summed E-state index contributed by atoms with van der Waals surface area (Å²) in [5, 5.41) is 2.73. The number of rotatable bonds is 6. The van der Waals surface area contributed by atoms with Crippen LogP contribution >= 0.6 is 0 Å². The second-order valence-corrected chi connectivity index (χ2v) is 6.05. The number of halogens is 1. The lowest BCUT2D eigenvalue weighted by atomic mass is 10.2. The first-order valence-corrected chi connectivity index (χ1v) is 8.35. The summed E-state index contributed by atoms with van der Waals surface area (Å²) >= 11 is 0. The number of benzene rings is 2. The Morgan fingerprint density at radius 1 is 1.08 bits per heavy atom. The zero-order valence-electron chi connectivity index (χ0n) is 14.5. The zero-order chi connectivity index (χ0) is 18.4. The molecule has 1 heterocycles. The van der Waals surface area contributed by atoms with Gasteiger partial charge in [0, 0.05) is 31.9 Å². The van der Waals surface area contributed by atoms with Gasteiger partial charge in [-0.2, -0.15) is 0 Å². The third-order valence-electron chi connectivity index (χ3n) is 4.09. The minimum atomic E-state index is -0.331. The number of hydrogen-bond acceptors (Lipinski definition) is 3. The van der Waals surface area contributed by atoms with Crippen LogP contribution in [0.3, 0.4) is 0 Å². The van der Waals surface area contributed by atoms with Crippen molar-refractivity contribution in [1.29, 1.82) is 0 Å². The Hall–Kier alpha value is -3.21. The predicted molar refractivity (Wildman–Crippen MR) is 100 cm³/mol. The summed E-state index contributed by atoms with van der Waals surface area (Å²) in [4.78, 5) is 18.6. The van der Waals surface area contributed by atoms with Crippen LogP contribution < -0.4 is 10.2 Å². The Kier molecular flexibility index (Phi) is 5.59. The van der Waals surface area contributed by atoms with E-state index in [0.29, 0.717) is 17.7 Å². The highest BCUT2D eigenvalue weighted by Crippen LogP contribution is 2.16. The molecule has 5 heteroatoms. The number of hydrogen-bond donors (Lipinski definition) is 1. The summed E-state index contributed by atoms with van der Waals surface area (Å²) < 4.78 is 13.6. The second kappa shape index (κ2) is 8.25. The van der Waals surface area contributed by atoms with E-state index in [1.165, 1.54) is 17.8 Å². The molecule has 1 amide bonds. The van der Waals surface area contributed by atoms with Crippen molar-refractivity contribution in [1.82, 2.24) is 10.3 Å². The summed E-state index contributed by atoms with van der Waals surface area (Å²) in [7, 11) is 1.95. The van der Waals surface area contributed by atoms with Crippen molar-refractivity contribution >= 4 is 11.6 Å². The van der Waals surface area contributed by atoms with Gasteiger partial charge in [-0.15, -0.1) is 0 Å². The van der Waals surface area contributed by atoms with Gasteiger partial charge < -0.3 is 10.2 Å². The monoisotopic (exact) mass is 349 g/mol. The lowest BCUT2D eigenvalue weighted by Crippen LogP contribution is -2.24. The molecular formula is C21H20FN3O. The van der Waals surface area contributed by atoms with E-state index in [4.69, 9.17) is 0 Å². The van der Waals surface area contributed by atoms with Crippen molar-refractivity contribution < 1.29 is 9.18 Å². The molecule has 0 atom stereocenters. The van der Waals surface area contributed by atoms with Crippen LogP contribution in [0.5, 0.6) is 0 Å². The largest absolute Gasteiger partial charge is 0.369 e. The Morgan fingerprint density at radius 3 is 2.58 bits per heavy atom. The smallest absolute Gasteiger partial charge is 0.253 e. The molecule has 0 fully saturated rings. The fraction of sp³-hybridized carbons (Fsp3) is 0.143. The van der Waals surface area contributed by atoms with Crippen molar-refractivity contribution in [3.05, 3.63) is 95.6 Å².